The van der Waals surface area contributed by atoms with E-state index in [1.54, 1.807) is 37.3 Å². The molecule has 0 saturated carbocycles. The number of rotatable bonds is 7. The van der Waals surface area contributed by atoms with Gasteiger partial charge in [0.25, 0.3) is 5.91 Å². The number of aromatic amines is 1. The number of fused-ring (bicyclic) bond motifs is 1. The minimum Gasteiger partial charge on any atom is -0.466 e. The van der Waals surface area contributed by atoms with Gasteiger partial charge in [-0.15, -0.1) is 0 Å². The molecule has 0 atom stereocenters. The highest BCUT2D eigenvalue weighted by Gasteiger charge is 2.15. The van der Waals surface area contributed by atoms with Crippen LogP contribution in [-0.2, 0) is 16.0 Å². The molecule has 0 fully saturated rings. The Bertz CT molecular complexity index is 1310. The summed E-state index contributed by atoms with van der Waals surface area (Å²) in [6.07, 6.45) is 0.0713. The fourth-order valence-corrected chi connectivity index (χ4v) is 3.39. The maximum absolute atomic E-state index is 14.6. The summed E-state index contributed by atoms with van der Waals surface area (Å²) in [5.74, 6) is -1.29. The van der Waals surface area contributed by atoms with Crippen molar-refractivity contribution in [2.75, 3.05) is 11.9 Å². The number of para-hydroxylation sites is 2. The first-order valence-corrected chi connectivity index (χ1v) is 10.5. The van der Waals surface area contributed by atoms with Gasteiger partial charge in [-0.1, -0.05) is 29.8 Å². The Kier molecular flexibility index (Phi) is 6.55. The van der Waals surface area contributed by atoms with Crippen molar-refractivity contribution >= 4 is 40.2 Å². The second kappa shape index (κ2) is 9.70. The molecule has 9 heteroatoms. The molecule has 0 radical (unpaired) electrons. The lowest BCUT2D eigenvalue weighted by molar-refractivity contribution is -0.142. The summed E-state index contributed by atoms with van der Waals surface area (Å²) < 4.78 is 25.1. The van der Waals surface area contributed by atoms with E-state index in [1.165, 1.54) is 12.1 Å². The number of imidazole rings is 1. The number of amides is 1. The van der Waals surface area contributed by atoms with Crippen LogP contribution in [0.2, 0.25) is 5.02 Å². The first kappa shape index (κ1) is 22.3. The fraction of sp³-hybridized carbons (Fsp3) is 0.125. The third-order valence-corrected chi connectivity index (χ3v) is 4.96. The van der Waals surface area contributed by atoms with Crippen molar-refractivity contribution in [3.63, 3.8) is 0 Å². The second-order valence-electron chi connectivity index (χ2n) is 7.05. The van der Waals surface area contributed by atoms with Gasteiger partial charge < -0.3 is 19.8 Å². The number of benzene rings is 3. The van der Waals surface area contributed by atoms with Crippen LogP contribution in [0.25, 0.3) is 11.0 Å². The monoisotopic (exact) mass is 467 g/mol. The number of hydrogen-bond acceptors (Lipinski definition) is 5. The van der Waals surface area contributed by atoms with E-state index in [0.717, 1.165) is 11.6 Å². The van der Waals surface area contributed by atoms with E-state index in [0.29, 0.717) is 17.7 Å². The molecule has 0 aliphatic carbocycles. The molecule has 168 valence electrons. The lowest BCUT2D eigenvalue weighted by Gasteiger charge is -2.11. The molecule has 0 spiro atoms. The molecule has 4 rings (SSSR count). The minimum absolute atomic E-state index is 0.0713. The molecule has 4 aromatic rings. The number of halogens is 2. The molecule has 0 saturated heterocycles. The highest BCUT2D eigenvalue weighted by molar-refractivity contribution is 6.32. The number of aromatic nitrogens is 2. The van der Waals surface area contributed by atoms with Crippen molar-refractivity contribution in [1.82, 2.24) is 9.97 Å². The summed E-state index contributed by atoms with van der Waals surface area (Å²) in [6, 6.07) is 16.0. The van der Waals surface area contributed by atoms with E-state index < -0.39 is 11.7 Å². The third kappa shape index (κ3) is 5.30. The van der Waals surface area contributed by atoms with Crippen LogP contribution in [0.4, 0.5) is 10.1 Å². The Hall–Kier alpha value is -3.91. The normalized spacial score (nSPS) is 10.8. The third-order valence-electron chi connectivity index (χ3n) is 4.66. The van der Waals surface area contributed by atoms with Crippen LogP contribution in [0, 0.1) is 5.82 Å². The molecule has 2 N–H and O–H groups in total. The predicted octanol–water partition coefficient (Wildman–Crippen LogP) is 5.51. The molecule has 1 aromatic heterocycles. The Morgan fingerprint density at radius 1 is 1.09 bits per heavy atom. The quantitative estimate of drug-likeness (QED) is 0.350. The molecule has 0 aliphatic heterocycles. The van der Waals surface area contributed by atoms with Gasteiger partial charge in [-0.3, -0.25) is 9.59 Å². The first-order chi connectivity index (χ1) is 15.9. The predicted molar refractivity (Wildman–Crippen MR) is 122 cm³/mol. The van der Waals surface area contributed by atoms with Crippen LogP contribution in [0.15, 0.2) is 60.7 Å². The standard InChI is InChI=1S/C24H19ClFN3O4/c1-2-32-22(30)12-14-7-9-20(16(25)11-14)33-21-10-8-15(13-17(21)26)27-24(31)23-28-18-5-3-4-6-19(18)29-23/h3-11,13H,2,12H2,1H3,(H,27,31)(H,28,29). The van der Waals surface area contributed by atoms with Crippen molar-refractivity contribution < 1.29 is 23.5 Å². The van der Waals surface area contributed by atoms with Crippen molar-refractivity contribution in [2.45, 2.75) is 13.3 Å². The van der Waals surface area contributed by atoms with Gasteiger partial charge >= 0.3 is 5.97 Å². The maximum atomic E-state index is 14.6. The number of carbonyl (C=O) groups excluding carboxylic acids is 2. The molecule has 3 aromatic carbocycles. The zero-order valence-corrected chi connectivity index (χ0v) is 18.3. The Morgan fingerprint density at radius 2 is 1.88 bits per heavy atom. The number of esters is 1. The van der Waals surface area contributed by atoms with E-state index in [2.05, 4.69) is 15.3 Å². The van der Waals surface area contributed by atoms with Crippen LogP contribution in [0.1, 0.15) is 23.1 Å². The molecule has 0 unspecified atom stereocenters. The lowest BCUT2D eigenvalue weighted by atomic mass is 10.1. The summed E-state index contributed by atoms with van der Waals surface area (Å²) in [6.45, 7) is 2.02. The molecule has 33 heavy (non-hydrogen) atoms. The number of anilines is 1. The van der Waals surface area contributed by atoms with E-state index >= 15 is 0 Å². The minimum atomic E-state index is -0.691. The van der Waals surface area contributed by atoms with E-state index in [1.807, 2.05) is 12.1 Å². The van der Waals surface area contributed by atoms with Gasteiger partial charge in [0.2, 0.25) is 0 Å². The van der Waals surface area contributed by atoms with Crippen LogP contribution >= 0.6 is 11.6 Å². The zero-order chi connectivity index (χ0) is 23.4. The molecular formula is C24H19ClFN3O4. The smallest absolute Gasteiger partial charge is 0.310 e. The van der Waals surface area contributed by atoms with Crippen LogP contribution < -0.4 is 10.1 Å². The number of carbonyl (C=O) groups is 2. The van der Waals surface area contributed by atoms with Gasteiger partial charge in [0.15, 0.2) is 17.4 Å². The highest BCUT2D eigenvalue weighted by atomic mass is 35.5. The average molecular weight is 468 g/mol. The molecule has 7 nitrogen and oxygen atoms in total. The maximum Gasteiger partial charge on any atom is 0.310 e. The molecule has 0 aliphatic rings. The number of hydrogen-bond donors (Lipinski definition) is 2. The number of nitrogens with one attached hydrogen (secondary N) is 2. The Labute approximate surface area is 193 Å². The number of nitrogens with zero attached hydrogens (tertiary/aromatic N) is 1. The van der Waals surface area contributed by atoms with Gasteiger partial charge in [-0.05, 0) is 48.9 Å². The average Bonchev–Trinajstić information content (AvgIpc) is 3.22. The van der Waals surface area contributed by atoms with Gasteiger partial charge in [-0.2, -0.15) is 0 Å². The zero-order valence-electron chi connectivity index (χ0n) is 17.5. The molecule has 1 amide bonds. The van der Waals surface area contributed by atoms with E-state index in [9.17, 15) is 14.0 Å². The van der Waals surface area contributed by atoms with E-state index in [-0.39, 0.29) is 40.4 Å². The highest BCUT2D eigenvalue weighted by Crippen LogP contribution is 2.32. The molecule has 0 bridgehead atoms. The summed E-state index contributed by atoms with van der Waals surface area (Å²) in [5.41, 5.74) is 2.27. The van der Waals surface area contributed by atoms with Crippen LogP contribution in [-0.4, -0.2) is 28.5 Å². The van der Waals surface area contributed by atoms with Crippen LogP contribution in [0.5, 0.6) is 11.5 Å². The fourth-order valence-electron chi connectivity index (χ4n) is 3.15. The SMILES string of the molecule is CCOC(=O)Cc1ccc(Oc2ccc(NC(=O)c3nc4ccccc4[nH]3)cc2F)c(Cl)c1. The largest absolute Gasteiger partial charge is 0.466 e. The summed E-state index contributed by atoms with van der Waals surface area (Å²) in [5, 5.41) is 2.82. The second-order valence-corrected chi connectivity index (χ2v) is 7.46. The van der Waals surface area contributed by atoms with Gasteiger partial charge in [0.05, 0.1) is 29.1 Å². The van der Waals surface area contributed by atoms with Gasteiger partial charge in [0, 0.05) is 11.8 Å². The van der Waals surface area contributed by atoms with Gasteiger partial charge in [0.1, 0.15) is 5.75 Å². The van der Waals surface area contributed by atoms with Gasteiger partial charge in [-0.25, -0.2) is 9.37 Å². The Balaban J connectivity index is 1.44. The van der Waals surface area contributed by atoms with Crippen molar-refractivity contribution in [3.8, 4) is 11.5 Å². The molecule has 1 heterocycles. The summed E-state index contributed by atoms with van der Waals surface area (Å²) in [7, 11) is 0. The van der Waals surface area contributed by atoms with Crippen molar-refractivity contribution in [3.05, 3.63) is 82.9 Å². The summed E-state index contributed by atoms with van der Waals surface area (Å²) >= 11 is 6.23. The van der Waals surface area contributed by atoms with Crippen molar-refractivity contribution in [1.29, 1.82) is 0 Å². The topological polar surface area (TPSA) is 93.3 Å². The number of ether oxygens (including phenoxy) is 2. The summed E-state index contributed by atoms with van der Waals surface area (Å²) in [4.78, 5) is 31.2. The first-order valence-electron chi connectivity index (χ1n) is 10.1. The van der Waals surface area contributed by atoms with E-state index in [4.69, 9.17) is 21.1 Å². The van der Waals surface area contributed by atoms with Crippen LogP contribution in [0.3, 0.4) is 0 Å². The Morgan fingerprint density at radius 3 is 2.61 bits per heavy atom. The molecular weight excluding hydrogens is 449 g/mol. The lowest BCUT2D eigenvalue weighted by Crippen LogP contribution is -2.13. The number of H-pyrrole nitrogens is 1. The van der Waals surface area contributed by atoms with Crippen molar-refractivity contribution in [2.24, 2.45) is 0 Å².